The van der Waals surface area contributed by atoms with Crippen LogP contribution in [0.5, 0.6) is 0 Å². The van der Waals surface area contributed by atoms with Crippen molar-refractivity contribution in [1.82, 2.24) is 14.5 Å². The van der Waals surface area contributed by atoms with E-state index in [4.69, 9.17) is 22.4 Å². The van der Waals surface area contributed by atoms with E-state index in [1.165, 1.54) is 10.8 Å². The van der Waals surface area contributed by atoms with Crippen LogP contribution in [0.15, 0.2) is 12.3 Å². The minimum absolute atomic E-state index is 0.194. The van der Waals surface area contributed by atoms with Crippen LogP contribution in [0.4, 0.5) is 5.82 Å². The predicted octanol–water partition coefficient (Wildman–Crippen LogP) is 1.62. The van der Waals surface area contributed by atoms with Crippen LogP contribution < -0.4 is 10.4 Å². The number of nitrogens with zero attached hydrogens (tertiary/aromatic N) is 4. The zero-order valence-corrected chi connectivity index (χ0v) is 11.0. The van der Waals surface area contributed by atoms with Gasteiger partial charge in [-0.3, -0.25) is 15.4 Å². The van der Waals surface area contributed by atoms with Crippen LogP contribution in [0.2, 0.25) is 5.02 Å². The van der Waals surface area contributed by atoms with Gasteiger partial charge in [0.2, 0.25) is 0 Å². The summed E-state index contributed by atoms with van der Waals surface area (Å²) in [4.78, 5) is 10.7. The number of hydrogen-bond acceptors (Lipinski definition) is 5. The Bertz CT molecular complexity index is 701. The van der Waals surface area contributed by atoms with E-state index in [1.54, 1.807) is 6.07 Å². The van der Waals surface area contributed by atoms with Gasteiger partial charge in [-0.15, -0.1) is 0 Å². The molecule has 1 saturated heterocycles. The first-order valence-corrected chi connectivity index (χ1v) is 6.46. The summed E-state index contributed by atoms with van der Waals surface area (Å²) in [7, 11) is 0. The summed E-state index contributed by atoms with van der Waals surface area (Å²) < 4.78 is 1.42. The topological polar surface area (TPSA) is 81.7 Å². The fourth-order valence-electron chi connectivity index (χ4n) is 2.35. The Morgan fingerprint density at radius 3 is 2.74 bits per heavy atom. The van der Waals surface area contributed by atoms with Gasteiger partial charge in [-0.05, 0) is 18.9 Å². The lowest BCUT2D eigenvalue weighted by Crippen LogP contribution is -2.32. The fourth-order valence-corrected chi connectivity index (χ4v) is 2.50. The second kappa shape index (κ2) is 4.62. The van der Waals surface area contributed by atoms with Crippen molar-refractivity contribution >= 4 is 34.9 Å². The first-order valence-electron chi connectivity index (χ1n) is 6.08. The van der Waals surface area contributed by atoms with E-state index in [9.17, 15) is 0 Å². The van der Waals surface area contributed by atoms with E-state index in [0.29, 0.717) is 22.0 Å². The molecule has 1 aliphatic rings. The lowest BCUT2D eigenvalue weighted by atomic mass is 10.4. The number of halogens is 1. The maximum absolute atomic E-state index is 8.18. The zero-order chi connectivity index (χ0) is 13.4. The molecule has 98 valence electrons. The number of rotatable bonds is 2. The Kier molecular flexibility index (Phi) is 2.94. The lowest BCUT2D eigenvalue weighted by molar-refractivity contribution is 0.880. The van der Waals surface area contributed by atoms with E-state index in [1.807, 2.05) is 0 Å². The second-order valence-corrected chi connectivity index (χ2v) is 4.91. The van der Waals surface area contributed by atoms with E-state index in [2.05, 4.69) is 14.9 Å². The van der Waals surface area contributed by atoms with Gasteiger partial charge in [0.15, 0.2) is 17.0 Å². The molecule has 2 N–H and O–H groups in total. The largest absolute Gasteiger partial charge is 0.354 e. The third-order valence-electron chi connectivity index (χ3n) is 3.26. The predicted molar refractivity (Wildman–Crippen MR) is 74.0 cm³/mol. The highest BCUT2D eigenvalue weighted by Gasteiger charge is 2.18. The summed E-state index contributed by atoms with van der Waals surface area (Å²) >= 11 is 5.94. The number of pyridine rings is 1. The molecule has 3 rings (SSSR count). The summed E-state index contributed by atoms with van der Waals surface area (Å²) in [6, 6.07) is 1.71. The summed E-state index contributed by atoms with van der Waals surface area (Å²) in [5, 5.41) is 16.2. The highest BCUT2D eigenvalue weighted by atomic mass is 35.5. The van der Waals surface area contributed by atoms with E-state index in [0.717, 1.165) is 32.3 Å². The minimum atomic E-state index is 0.194. The molecule has 1 fully saturated rings. The number of anilines is 1. The van der Waals surface area contributed by atoms with Crippen LogP contribution in [0, 0.1) is 10.8 Å². The maximum atomic E-state index is 8.18. The van der Waals surface area contributed by atoms with Gasteiger partial charge in [-0.1, -0.05) is 11.6 Å². The molecular formula is C12H13ClN6. The summed E-state index contributed by atoms with van der Waals surface area (Å²) in [5.74, 6) is 0.595. The minimum Gasteiger partial charge on any atom is -0.354 e. The Morgan fingerprint density at radius 2 is 2.05 bits per heavy atom. The molecule has 0 aromatic carbocycles. The van der Waals surface area contributed by atoms with Crippen LogP contribution >= 0.6 is 11.6 Å². The van der Waals surface area contributed by atoms with Gasteiger partial charge in [0.25, 0.3) is 0 Å². The molecule has 0 spiro atoms. The van der Waals surface area contributed by atoms with Crippen LogP contribution in [-0.4, -0.2) is 34.0 Å². The molecule has 0 radical (unpaired) electrons. The average Bonchev–Trinajstić information content (AvgIpc) is 2.92. The quantitative estimate of drug-likeness (QED) is 0.646. The first kappa shape index (κ1) is 12.1. The molecule has 1 aliphatic heterocycles. The van der Waals surface area contributed by atoms with Gasteiger partial charge in [0, 0.05) is 19.3 Å². The normalized spacial score (nSPS) is 15.1. The summed E-state index contributed by atoms with van der Waals surface area (Å²) in [6.45, 7) is 1.80. The first-order chi connectivity index (χ1) is 9.20. The van der Waals surface area contributed by atoms with Crippen molar-refractivity contribution < 1.29 is 0 Å². The number of hydrogen-bond donors (Lipinski definition) is 2. The SMILES string of the molecule is N=Cn1c(=N)c(N2CCCC2)nc2cc(Cl)cnc21. The van der Waals surface area contributed by atoms with E-state index >= 15 is 0 Å². The highest BCUT2D eigenvalue weighted by molar-refractivity contribution is 6.31. The standard InChI is InChI=1S/C12H13ClN6/c13-8-5-9-11(16-6-8)19(7-14)10(15)12(17-9)18-3-1-2-4-18/h5-7,14-15H,1-4H2. The second-order valence-electron chi connectivity index (χ2n) is 4.47. The third-order valence-corrected chi connectivity index (χ3v) is 3.46. The van der Waals surface area contributed by atoms with E-state index in [-0.39, 0.29) is 5.49 Å². The van der Waals surface area contributed by atoms with Crippen molar-refractivity contribution in [2.45, 2.75) is 12.8 Å². The summed E-state index contributed by atoms with van der Waals surface area (Å²) in [5.41, 5.74) is 1.28. The Labute approximate surface area is 114 Å². The highest BCUT2D eigenvalue weighted by Crippen LogP contribution is 2.18. The molecule has 0 bridgehead atoms. The monoisotopic (exact) mass is 276 g/mol. The van der Waals surface area contributed by atoms with Crippen LogP contribution in [0.25, 0.3) is 11.2 Å². The molecule has 3 heterocycles. The average molecular weight is 277 g/mol. The molecule has 2 aromatic rings. The molecule has 0 saturated carbocycles. The molecule has 7 heteroatoms. The molecular weight excluding hydrogens is 264 g/mol. The van der Waals surface area contributed by atoms with E-state index < -0.39 is 0 Å². The summed E-state index contributed by atoms with van der Waals surface area (Å²) in [6.07, 6.45) is 4.81. The van der Waals surface area contributed by atoms with Gasteiger partial charge >= 0.3 is 0 Å². The van der Waals surface area contributed by atoms with Crippen molar-refractivity contribution in [3.63, 3.8) is 0 Å². The van der Waals surface area contributed by atoms with Crippen molar-refractivity contribution in [1.29, 1.82) is 10.8 Å². The van der Waals surface area contributed by atoms with Crippen molar-refractivity contribution in [2.24, 2.45) is 0 Å². The third kappa shape index (κ3) is 1.98. The molecule has 6 nitrogen and oxygen atoms in total. The van der Waals surface area contributed by atoms with Gasteiger partial charge in [-0.2, -0.15) is 0 Å². The molecule has 0 amide bonds. The van der Waals surface area contributed by atoms with Crippen molar-refractivity contribution in [3.05, 3.63) is 22.8 Å². The van der Waals surface area contributed by atoms with Crippen molar-refractivity contribution in [2.75, 3.05) is 18.0 Å². The zero-order valence-electron chi connectivity index (χ0n) is 10.2. The Balaban J connectivity index is 2.30. The van der Waals surface area contributed by atoms with Gasteiger partial charge in [-0.25, -0.2) is 9.97 Å². The van der Waals surface area contributed by atoms with Crippen molar-refractivity contribution in [3.8, 4) is 0 Å². The Hall–Kier alpha value is -1.95. The molecule has 0 atom stereocenters. The van der Waals surface area contributed by atoms with Gasteiger partial charge < -0.3 is 4.90 Å². The number of nitrogens with one attached hydrogen (secondary N) is 2. The number of aromatic nitrogens is 3. The Morgan fingerprint density at radius 1 is 1.32 bits per heavy atom. The van der Waals surface area contributed by atoms with Crippen LogP contribution in [-0.2, 0) is 0 Å². The fraction of sp³-hybridized carbons (Fsp3) is 0.333. The van der Waals surface area contributed by atoms with Crippen LogP contribution in [0.1, 0.15) is 12.8 Å². The molecule has 2 aromatic heterocycles. The number of fused-ring (bicyclic) bond motifs is 1. The maximum Gasteiger partial charge on any atom is 0.175 e. The lowest BCUT2D eigenvalue weighted by Gasteiger charge is -2.18. The molecule has 0 aliphatic carbocycles. The van der Waals surface area contributed by atoms with Gasteiger partial charge in [0.1, 0.15) is 5.52 Å². The smallest absolute Gasteiger partial charge is 0.175 e. The molecule has 0 unspecified atom stereocenters. The molecule has 19 heavy (non-hydrogen) atoms. The van der Waals surface area contributed by atoms with Gasteiger partial charge in [0.05, 0.1) is 11.4 Å². The van der Waals surface area contributed by atoms with Crippen LogP contribution in [0.3, 0.4) is 0 Å².